The number of ether oxygens (including phenoxy) is 1. The molecule has 1 aliphatic carbocycles. The predicted molar refractivity (Wildman–Crippen MR) is 78.5 cm³/mol. The number of aliphatic carboxylic acids is 1. The SMILES string of the molecule is CN(CCC(=O)O)C(=O)Nc1ccc(F)cc1OCC1CC1. The molecule has 7 heteroatoms. The zero-order valence-electron chi connectivity index (χ0n) is 12.3. The van der Waals surface area contributed by atoms with Crippen LogP contribution in [0.2, 0.25) is 0 Å². The summed E-state index contributed by atoms with van der Waals surface area (Å²) in [5, 5.41) is 11.2. The molecule has 1 aliphatic rings. The number of amides is 2. The molecule has 1 aromatic carbocycles. The zero-order chi connectivity index (χ0) is 16.1. The van der Waals surface area contributed by atoms with Gasteiger partial charge in [0.25, 0.3) is 0 Å². The van der Waals surface area contributed by atoms with Crippen molar-refractivity contribution in [3.63, 3.8) is 0 Å². The Kier molecular flexibility index (Phi) is 5.19. The number of anilines is 1. The van der Waals surface area contributed by atoms with Crippen molar-refractivity contribution in [2.75, 3.05) is 25.5 Å². The van der Waals surface area contributed by atoms with E-state index in [4.69, 9.17) is 9.84 Å². The first-order valence-corrected chi connectivity index (χ1v) is 7.12. The molecule has 1 saturated carbocycles. The fraction of sp³-hybridized carbons (Fsp3) is 0.467. The van der Waals surface area contributed by atoms with Crippen molar-refractivity contribution in [3.8, 4) is 5.75 Å². The summed E-state index contributed by atoms with van der Waals surface area (Å²) in [5.74, 6) is -0.630. The van der Waals surface area contributed by atoms with E-state index in [2.05, 4.69) is 5.32 Å². The molecule has 0 aromatic heterocycles. The number of hydrogen-bond acceptors (Lipinski definition) is 3. The fourth-order valence-corrected chi connectivity index (χ4v) is 1.79. The van der Waals surface area contributed by atoms with Gasteiger partial charge in [0.2, 0.25) is 0 Å². The molecule has 6 nitrogen and oxygen atoms in total. The van der Waals surface area contributed by atoms with Gasteiger partial charge in [-0.1, -0.05) is 0 Å². The number of urea groups is 1. The lowest BCUT2D eigenvalue weighted by Gasteiger charge is -2.18. The van der Waals surface area contributed by atoms with Crippen LogP contribution in [0.4, 0.5) is 14.9 Å². The second-order valence-electron chi connectivity index (χ2n) is 5.39. The number of carboxylic acids is 1. The number of halogens is 1. The van der Waals surface area contributed by atoms with Crippen LogP contribution < -0.4 is 10.1 Å². The van der Waals surface area contributed by atoms with Crippen LogP contribution in [-0.4, -0.2) is 42.2 Å². The highest BCUT2D eigenvalue weighted by Gasteiger charge is 2.23. The maximum Gasteiger partial charge on any atom is 0.321 e. The van der Waals surface area contributed by atoms with Crippen molar-refractivity contribution >= 4 is 17.7 Å². The van der Waals surface area contributed by atoms with Gasteiger partial charge >= 0.3 is 12.0 Å². The summed E-state index contributed by atoms with van der Waals surface area (Å²) in [7, 11) is 1.49. The van der Waals surface area contributed by atoms with Gasteiger partial charge in [0.15, 0.2) is 0 Å². The third kappa shape index (κ3) is 4.91. The van der Waals surface area contributed by atoms with E-state index < -0.39 is 17.8 Å². The van der Waals surface area contributed by atoms with E-state index in [1.165, 1.54) is 30.1 Å². The van der Waals surface area contributed by atoms with Gasteiger partial charge in [-0.15, -0.1) is 0 Å². The highest BCUT2D eigenvalue weighted by atomic mass is 19.1. The topological polar surface area (TPSA) is 78.9 Å². The van der Waals surface area contributed by atoms with Crippen LogP contribution in [0.15, 0.2) is 18.2 Å². The van der Waals surface area contributed by atoms with Gasteiger partial charge in [0.05, 0.1) is 18.7 Å². The lowest BCUT2D eigenvalue weighted by molar-refractivity contribution is -0.137. The first kappa shape index (κ1) is 16.1. The Morgan fingerprint density at radius 2 is 2.18 bits per heavy atom. The van der Waals surface area contributed by atoms with Crippen LogP contribution in [0.25, 0.3) is 0 Å². The second kappa shape index (κ2) is 7.11. The molecule has 2 N–H and O–H groups in total. The summed E-state index contributed by atoms with van der Waals surface area (Å²) in [4.78, 5) is 23.7. The first-order chi connectivity index (χ1) is 10.5. The lowest BCUT2D eigenvalue weighted by Crippen LogP contribution is -2.33. The van der Waals surface area contributed by atoms with E-state index in [-0.39, 0.29) is 18.7 Å². The molecule has 0 heterocycles. The summed E-state index contributed by atoms with van der Waals surface area (Å²) in [5.41, 5.74) is 0.370. The van der Waals surface area contributed by atoms with Crippen molar-refractivity contribution in [1.82, 2.24) is 4.90 Å². The minimum Gasteiger partial charge on any atom is -0.491 e. The molecule has 0 saturated heterocycles. The van der Waals surface area contributed by atoms with E-state index in [0.29, 0.717) is 18.2 Å². The number of nitrogens with zero attached hydrogens (tertiary/aromatic N) is 1. The molecule has 0 unspecified atom stereocenters. The molecule has 2 amide bonds. The molecule has 120 valence electrons. The van der Waals surface area contributed by atoms with Crippen LogP contribution in [0, 0.1) is 11.7 Å². The van der Waals surface area contributed by atoms with Gasteiger partial charge in [-0.3, -0.25) is 4.79 Å². The molecule has 2 rings (SSSR count). The minimum absolute atomic E-state index is 0.0840. The quantitative estimate of drug-likeness (QED) is 0.811. The zero-order valence-corrected chi connectivity index (χ0v) is 12.3. The largest absolute Gasteiger partial charge is 0.491 e. The normalized spacial score (nSPS) is 13.5. The monoisotopic (exact) mass is 310 g/mol. The van der Waals surface area contributed by atoms with Crippen LogP contribution in [0.3, 0.4) is 0 Å². The summed E-state index contributed by atoms with van der Waals surface area (Å²) < 4.78 is 18.9. The average Bonchev–Trinajstić information content (AvgIpc) is 3.28. The maximum atomic E-state index is 13.3. The van der Waals surface area contributed by atoms with Crippen molar-refractivity contribution in [3.05, 3.63) is 24.0 Å². The number of rotatable bonds is 7. The summed E-state index contributed by atoms with van der Waals surface area (Å²) >= 11 is 0. The molecular weight excluding hydrogens is 291 g/mol. The van der Waals surface area contributed by atoms with Gasteiger partial charge in [-0.25, -0.2) is 9.18 Å². The third-order valence-electron chi connectivity index (χ3n) is 3.36. The highest BCUT2D eigenvalue weighted by molar-refractivity contribution is 5.91. The van der Waals surface area contributed by atoms with E-state index >= 15 is 0 Å². The number of carbonyl (C=O) groups is 2. The average molecular weight is 310 g/mol. The van der Waals surface area contributed by atoms with Crippen molar-refractivity contribution < 1.29 is 23.8 Å². The smallest absolute Gasteiger partial charge is 0.321 e. The van der Waals surface area contributed by atoms with Gasteiger partial charge in [0.1, 0.15) is 11.6 Å². The van der Waals surface area contributed by atoms with Crippen molar-refractivity contribution in [2.24, 2.45) is 5.92 Å². The number of hydrogen-bond donors (Lipinski definition) is 2. The van der Waals surface area contributed by atoms with Crippen LogP contribution in [0.5, 0.6) is 5.75 Å². The first-order valence-electron chi connectivity index (χ1n) is 7.12. The van der Waals surface area contributed by atoms with Crippen molar-refractivity contribution in [2.45, 2.75) is 19.3 Å². The molecule has 1 aromatic rings. The van der Waals surface area contributed by atoms with Gasteiger partial charge in [0, 0.05) is 19.7 Å². The van der Waals surface area contributed by atoms with Crippen LogP contribution in [-0.2, 0) is 4.79 Å². The summed E-state index contributed by atoms with van der Waals surface area (Å²) in [6.07, 6.45) is 2.07. The molecule has 0 aliphatic heterocycles. The Morgan fingerprint density at radius 1 is 1.45 bits per heavy atom. The minimum atomic E-state index is -0.977. The number of nitrogens with one attached hydrogen (secondary N) is 1. The van der Waals surface area contributed by atoms with Gasteiger partial charge < -0.3 is 20.1 Å². The Hall–Kier alpha value is -2.31. The van der Waals surface area contributed by atoms with Crippen LogP contribution in [0.1, 0.15) is 19.3 Å². The van der Waals surface area contributed by atoms with E-state index in [9.17, 15) is 14.0 Å². The number of carbonyl (C=O) groups excluding carboxylic acids is 1. The lowest BCUT2D eigenvalue weighted by atomic mass is 10.3. The summed E-state index contributed by atoms with van der Waals surface area (Å²) in [6, 6.07) is 3.43. The Morgan fingerprint density at radius 3 is 2.82 bits per heavy atom. The summed E-state index contributed by atoms with van der Waals surface area (Å²) in [6.45, 7) is 0.585. The molecule has 0 atom stereocenters. The maximum absolute atomic E-state index is 13.3. The van der Waals surface area contributed by atoms with E-state index in [0.717, 1.165) is 12.8 Å². The van der Waals surface area contributed by atoms with Crippen LogP contribution >= 0.6 is 0 Å². The van der Waals surface area contributed by atoms with E-state index in [1.54, 1.807) is 0 Å². The molecule has 22 heavy (non-hydrogen) atoms. The van der Waals surface area contributed by atoms with E-state index in [1.807, 2.05) is 0 Å². The second-order valence-corrected chi connectivity index (χ2v) is 5.39. The van der Waals surface area contributed by atoms with Gasteiger partial charge in [-0.05, 0) is 30.9 Å². The van der Waals surface area contributed by atoms with Gasteiger partial charge in [-0.2, -0.15) is 0 Å². The Labute approximate surface area is 127 Å². The molecule has 1 fully saturated rings. The molecule has 0 bridgehead atoms. The Bertz CT molecular complexity index is 560. The molecule has 0 spiro atoms. The van der Waals surface area contributed by atoms with Crippen molar-refractivity contribution in [1.29, 1.82) is 0 Å². The Balaban J connectivity index is 1.97. The molecular formula is C15H19FN2O4. The standard InChI is InChI=1S/C15H19FN2O4/c1-18(7-6-14(19)20)15(21)17-12-5-4-11(16)8-13(12)22-9-10-2-3-10/h4-5,8,10H,2-3,6-7,9H2,1H3,(H,17,21)(H,19,20). The molecule has 0 radical (unpaired) electrons. The fourth-order valence-electron chi connectivity index (χ4n) is 1.79. The number of carboxylic acid groups (broad SMARTS) is 1. The number of benzene rings is 1. The third-order valence-corrected chi connectivity index (χ3v) is 3.36. The predicted octanol–water partition coefficient (Wildman–Crippen LogP) is 2.55. The highest BCUT2D eigenvalue weighted by Crippen LogP contribution is 2.32.